The van der Waals surface area contributed by atoms with Crippen LogP contribution in [0.15, 0.2) is 40.9 Å². The third-order valence-corrected chi connectivity index (χ3v) is 2.11. The SMILES string of the molecule is O=Nc1nccc(Cc2cccnc2N=O)n1. The molecule has 0 amide bonds. The van der Waals surface area contributed by atoms with Crippen molar-refractivity contribution < 1.29 is 0 Å². The van der Waals surface area contributed by atoms with Gasteiger partial charge in [-0.25, -0.2) is 15.0 Å². The highest BCUT2D eigenvalue weighted by atomic mass is 16.3. The lowest BCUT2D eigenvalue weighted by Crippen LogP contribution is -1.94. The molecule has 0 aliphatic rings. The maximum Gasteiger partial charge on any atom is 0.291 e. The van der Waals surface area contributed by atoms with E-state index in [2.05, 4.69) is 25.3 Å². The van der Waals surface area contributed by atoms with E-state index in [1.807, 2.05) is 0 Å². The molecule has 2 aromatic rings. The van der Waals surface area contributed by atoms with Crippen LogP contribution in [0.25, 0.3) is 0 Å². The molecule has 0 atom stereocenters. The van der Waals surface area contributed by atoms with Gasteiger partial charge in [-0.3, -0.25) is 0 Å². The Labute approximate surface area is 95.9 Å². The number of aromatic nitrogens is 3. The fraction of sp³-hybridized carbons (Fsp3) is 0.100. The molecule has 0 aliphatic carbocycles. The Morgan fingerprint density at radius 3 is 2.71 bits per heavy atom. The van der Waals surface area contributed by atoms with Crippen molar-refractivity contribution in [2.24, 2.45) is 10.4 Å². The van der Waals surface area contributed by atoms with E-state index in [4.69, 9.17) is 0 Å². The summed E-state index contributed by atoms with van der Waals surface area (Å²) in [6.07, 6.45) is 3.27. The van der Waals surface area contributed by atoms with E-state index >= 15 is 0 Å². The largest absolute Gasteiger partial charge is 0.291 e. The van der Waals surface area contributed by atoms with Gasteiger partial charge in [-0.1, -0.05) is 6.07 Å². The number of hydrogen-bond acceptors (Lipinski definition) is 7. The van der Waals surface area contributed by atoms with E-state index in [1.54, 1.807) is 18.2 Å². The first-order valence-electron chi connectivity index (χ1n) is 4.76. The molecule has 0 fully saturated rings. The first-order valence-corrected chi connectivity index (χ1v) is 4.76. The molecule has 2 aromatic heterocycles. The van der Waals surface area contributed by atoms with Gasteiger partial charge in [0.1, 0.15) is 0 Å². The van der Waals surface area contributed by atoms with Gasteiger partial charge < -0.3 is 0 Å². The average molecular weight is 229 g/mol. The standard InChI is InChI=1S/C10H7N5O2/c16-14-9-7(2-1-4-11-9)6-8-3-5-12-10(13-8)15-17/h1-5H,6H2. The van der Waals surface area contributed by atoms with E-state index in [-0.39, 0.29) is 11.8 Å². The molecule has 0 aliphatic heterocycles. The molecule has 0 unspecified atom stereocenters. The Balaban J connectivity index is 2.30. The first-order chi connectivity index (χ1) is 8.33. The van der Waals surface area contributed by atoms with Crippen LogP contribution in [0.4, 0.5) is 11.8 Å². The molecule has 2 rings (SSSR count). The van der Waals surface area contributed by atoms with Gasteiger partial charge in [-0.2, -0.15) is 0 Å². The molecule has 0 bridgehead atoms. The third-order valence-electron chi connectivity index (χ3n) is 2.11. The predicted octanol–water partition coefficient (Wildman–Crippen LogP) is 2.26. The van der Waals surface area contributed by atoms with Crippen molar-refractivity contribution in [1.29, 1.82) is 0 Å². The van der Waals surface area contributed by atoms with Gasteiger partial charge in [0.25, 0.3) is 5.95 Å². The molecule has 17 heavy (non-hydrogen) atoms. The topological polar surface area (TPSA) is 97.5 Å². The van der Waals surface area contributed by atoms with Crippen molar-refractivity contribution in [2.75, 3.05) is 0 Å². The minimum atomic E-state index is -0.132. The molecule has 0 spiro atoms. The van der Waals surface area contributed by atoms with E-state index < -0.39 is 0 Å². The van der Waals surface area contributed by atoms with Crippen molar-refractivity contribution in [3.05, 3.63) is 51.7 Å². The lowest BCUT2D eigenvalue weighted by molar-refractivity contribution is 1.01. The van der Waals surface area contributed by atoms with Gasteiger partial charge in [-0.05, 0) is 17.3 Å². The van der Waals surface area contributed by atoms with Gasteiger partial charge in [0.2, 0.25) is 0 Å². The molecular weight excluding hydrogens is 222 g/mol. The summed E-state index contributed by atoms with van der Waals surface area (Å²) in [5.41, 5.74) is 1.21. The van der Waals surface area contributed by atoms with Crippen LogP contribution in [0, 0.1) is 9.81 Å². The van der Waals surface area contributed by atoms with Gasteiger partial charge in [-0.15, -0.1) is 9.81 Å². The lowest BCUT2D eigenvalue weighted by atomic mass is 10.1. The lowest BCUT2D eigenvalue weighted by Gasteiger charge is -2.01. The number of pyridine rings is 1. The van der Waals surface area contributed by atoms with Crippen molar-refractivity contribution in [3.63, 3.8) is 0 Å². The summed E-state index contributed by atoms with van der Waals surface area (Å²) < 4.78 is 0. The molecule has 7 heteroatoms. The van der Waals surface area contributed by atoms with E-state index in [9.17, 15) is 9.81 Å². The second kappa shape index (κ2) is 4.97. The van der Waals surface area contributed by atoms with E-state index in [0.717, 1.165) is 0 Å². The van der Waals surface area contributed by atoms with Crippen LogP contribution in [0.3, 0.4) is 0 Å². The monoisotopic (exact) mass is 229 g/mol. The van der Waals surface area contributed by atoms with Crippen LogP contribution < -0.4 is 0 Å². The highest BCUT2D eigenvalue weighted by Gasteiger charge is 2.06. The van der Waals surface area contributed by atoms with Crippen molar-refractivity contribution in [1.82, 2.24) is 15.0 Å². The zero-order valence-corrected chi connectivity index (χ0v) is 8.65. The molecule has 0 radical (unpaired) electrons. The van der Waals surface area contributed by atoms with Crippen LogP contribution in [0.5, 0.6) is 0 Å². The highest BCUT2D eigenvalue weighted by molar-refractivity contribution is 5.40. The smallest absolute Gasteiger partial charge is 0.234 e. The summed E-state index contributed by atoms with van der Waals surface area (Å²) in [6.45, 7) is 0. The fourth-order valence-corrected chi connectivity index (χ4v) is 1.37. The Bertz CT molecular complexity index is 558. The zero-order valence-electron chi connectivity index (χ0n) is 8.65. The summed E-state index contributed by atoms with van der Waals surface area (Å²) in [5.74, 6) is -0.0151. The van der Waals surface area contributed by atoms with Crippen molar-refractivity contribution in [2.45, 2.75) is 6.42 Å². The summed E-state index contributed by atoms with van der Waals surface area (Å²) in [4.78, 5) is 32.2. The van der Waals surface area contributed by atoms with Crippen LogP contribution >= 0.6 is 0 Å². The first kappa shape index (κ1) is 10.9. The normalized spacial score (nSPS) is 9.88. The summed E-state index contributed by atoms with van der Waals surface area (Å²) in [5, 5.41) is 5.46. The number of nitrogens with zero attached hydrogens (tertiary/aromatic N) is 5. The van der Waals surface area contributed by atoms with Crippen molar-refractivity contribution in [3.8, 4) is 0 Å². The van der Waals surface area contributed by atoms with Crippen LogP contribution in [-0.4, -0.2) is 15.0 Å². The van der Waals surface area contributed by atoms with E-state index in [1.165, 1.54) is 12.4 Å². The van der Waals surface area contributed by atoms with Crippen LogP contribution in [0.1, 0.15) is 11.3 Å². The quantitative estimate of drug-likeness (QED) is 0.749. The number of hydrogen-bond donors (Lipinski definition) is 0. The van der Waals surface area contributed by atoms with E-state index in [0.29, 0.717) is 17.7 Å². The Hall–Kier alpha value is -2.57. The number of rotatable bonds is 4. The molecule has 0 N–H and O–H groups in total. The minimum Gasteiger partial charge on any atom is -0.234 e. The molecule has 0 saturated heterocycles. The van der Waals surface area contributed by atoms with Crippen LogP contribution in [-0.2, 0) is 6.42 Å². The Morgan fingerprint density at radius 1 is 1.06 bits per heavy atom. The molecule has 7 nitrogen and oxygen atoms in total. The summed E-state index contributed by atoms with van der Waals surface area (Å²) in [7, 11) is 0. The van der Waals surface area contributed by atoms with Gasteiger partial charge >= 0.3 is 0 Å². The van der Waals surface area contributed by atoms with Gasteiger partial charge in [0.05, 0.1) is 5.69 Å². The highest BCUT2D eigenvalue weighted by Crippen LogP contribution is 2.18. The molecule has 0 aromatic carbocycles. The number of nitroso groups, excluding NO2 is 2. The maximum absolute atomic E-state index is 10.5. The molecular formula is C10H7N5O2. The molecule has 0 saturated carbocycles. The van der Waals surface area contributed by atoms with Gasteiger partial charge in [0.15, 0.2) is 5.82 Å². The summed E-state index contributed by atoms with van der Waals surface area (Å²) in [6, 6.07) is 5.06. The average Bonchev–Trinajstić information content (AvgIpc) is 2.39. The second-order valence-corrected chi connectivity index (χ2v) is 3.19. The predicted molar refractivity (Wildman–Crippen MR) is 60.0 cm³/mol. The molecule has 84 valence electrons. The Morgan fingerprint density at radius 2 is 1.94 bits per heavy atom. The zero-order chi connectivity index (χ0) is 12.1. The maximum atomic E-state index is 10.5. The minimum absolute atomic E-state index is 0.117. The fourth-order valence-electron chi connectivity index (χ4n) is 1.37. The third kappa shape index (κ3) is 2.51. The van der Waals surface area contributed by atoms with Crippen LogP contribution in [0.2, 0.25) is 0 Å². The van der Waals surface area contributed by atoms with Crippen molar-refractivity contribution >= 4 is 11.8 Å². The van der Waals surface area contributed by atoms with Gasteiger partial charge in [0, 0.05) is 29.6 Å². The Kier molecular flexibility index (Phi) is 3.20. The molecule has 2 heterocycles. The second-order valence-electron chi connectivity index (χ2n) is 3.19. The summed E-state index contributed by atoms with van der Waals surface area (Å²) >= 11 is 0.